The Morgan fingerprint density at radius 3 is 1.88 bits per heavy atom. The fourth-order valence-corrected chi connectivity index (χ4v) is 5.94. The molecule has 0 spiro atoms. The van der Waals surface area contributed by atoms with E-state index in [1.54, 1.807) is 4.90 Å². The molecule has 1 fully saturated rings. The van der Waals surface area contributed by atoms with E-state index in [0.717, 1.165) is 25.2 Å². The Morgan fingerprint density at radius 2 is 1.32 bits per heavy atom. The summed E-state index contributed by atoms with van der Waals surface area (Å²) in [6.45, 7) is 22.1. The molecule has 1 aliphatic rings. The summed E-state index contributed by atoms with van der Waals surface area (Å²) < 4.78 is 24.1. The largest absolute Gasteiger partial charge is 0.459 e. The number of benzene rings is 1. The van der Waals surface area contributed by atoms with E-state index < -0.39 is 12.7 Å². The molecule has 228 valence electrons. The van der Waals surface area contributed by atoms with E-state index in [2.05, 4.69) is 30.6 Å². The van der Waals surface area contributed by atoms with Crippen molar-refractivity contribution < 1.29 is 23.6 Å². The molecule has 1 amide bonds. The Balaban J connectivity index is 2.23. The molecule has 2 rings (SSSR count). The van der Waals surface area contributed by atoms with E-state index >= 15 is 0 Å². The van der Waals surface area contributed by atoms with Gasteiger partial charge in [0, 0.05) is 58.9 Å². The molecular weight excluding hydrogens is 527 g/mol. The van der Waals surface area contributed by atoms with Crippen molar-refractivity contribution in [3.8, 4) is 0 Å². The summed E-state index contributed by atoms with van der Waals surface area (Å²) in [5, 5.41) is 0. The van der Waals surface area contributed by atoms with Crippen LogP contribution in [0, 0.1) is 5.41 Å². The Labute approximate surface area is 242 Å². The molecule has 1 heterocycles. The lowest BCUT2D eigenvalue weighted by molar-refractivity contribution is -0.156. The van der Waals surface area contributed by atoms with Crippen LogP contribution in [0.5, 0.6) is 0 Å². The fraction of sp³-hybridized carbons (Fsp3) is 0.733. The molecule has 0 aromatic heterocycles. The molecule has 0 radical (unpaired) electrons. The van der Waals surface area contributed by atoms with Crippen LogP contribution < -0.4 is 0 Å². The van der Waals surface area contributed by atoms with E-state index in [-0.39, 0.29) is 30.6 Å². The van der Waals surface area contributed by atoms with Crippen LogP contribution in [0.3, 0.4) is 0 Å². The van der Waals surface area contributed by atoms with Gasteiger partial charge < -0.3 is 18.9 Å². The quantitative estimate of drug-likeness (QED) is 0.344. The molecule has 0 bridgehead atoms. The number of nitrogens with zero attached hydrogens (tertiary/aromatic N) is 4. The molecule has 0 unspecified atom stereocenters. The van der Waals surface area contributed by atoms with E-state index in [0.29, 0.717) is 45.6 Å². The van der Waals surface area contributed by atoms with Gasteiger partial charge in [-0.2, -0.15) is 0 Å². The van der Waals surface area contributed by atoms with Gasteiger partial charge in [-0.1, -0.05) is 51.1 Å². The fourth-order valence-electron chi connectivity index (χ4n) is 4.70. The molecular formula is C30H53N4O5P. The van der Waals surface area contributed by atoms with E-state index in [1.165, 1.54) is 0 Å². The van der Waals surface area contributed by atoms with Gasteiger partial charge in [0.05, 0.1) is 20.0 Å². The Bertz CT molecular complexity index is 971. The average molecular weight is 581 g/mol. The topological polar surface area (TPSA) is 82.6 Å². The highest BCUT2D eigenvalue weighted by Gasteiger charge is 2.25. The number of esters is 1. The van der Waals surface area contributed by atoms with Crippen LogP contribution in [0.1, 0.15) is 47.1 Å². The predicted molar refractivity (Wildman–Crippen MR) is 162 cm³/mol. The number of carbonyl (C=O) groups is 2. The van der Waals surface area contributed by atoms with E-state index in [4.69, 9.17) is 9.47 Å². The van der Waals surface area contributed by atoms with Crippen molar-refractivity contribution in [2.24, 2.45) is 5.41 Å². The smallest absolute Gasteiger partial charge is 0.410 e. The zero-order chi connectivity index (χ0) is 30.0. The highest BCUT2D eigenvalue weighted by Crippen LogP contribution is 2.36. The maximum Gasteiger partial charge on any atom is 0.410 e. The zero-order valence-corrected chi connectivity index (χ0v) is 27.0. The molecule has 1 aromatic rings. The normalized spacial score (nSPS) is 18.1. The first-order chi connectivity index (χ1) is 18.5. The van der Waals surface area contributed by atoms with Crippen molar-refractivity contribution in [3.05, 3.63) is 35.9 Å². The summed E-state index contributed by atoms with van der Waals surface area (Å²) in [5.41, 5.74) is 0.460. The van der Waals surface area contributed by atoms with Crippen molar-refractivity contribution in [3.63, 3.8) is 0 Å². The lowest BCUT2D eigenvalue weighted by Gasteiger charge is -2.36. The van der Waals surface area contributed by atoms with Gasteiger partial charge in [-0.15, -0.1) is 0 Å². The van der Waals surface area contributed by atoms with Gasteiger partial charge in [0.25, 0.3) is 0 Å². The molecule has 1 aromatic carbocycles. The second-order valence-electron chi connectivity index (χ2n) is 13.6. The Morgan fingerprint density at radius 1 is 0.800 bits per heavy atom. The van der Waals surface area contributed by atoms with Crippen molar-refractivity contribution in [1.82, 2.24) is 19.6 Å². The van der Waals surface area contributed by atoms with Crippen LogP contribution in [0.25, 0.3) is 0 Å². The highest BCUT2D eigenvalue weighted by molar-refractivity contribution is 7.62. The zero-order valence-electron chi connectivity index (χ0n) is 26.1. The summed E-state index contributed by atoms with van der Waals surface area (Å²) in [4.78, 5) is 34.4. The van der Waals surface area contributed by atoms with Gasteiger partial charge in [0.15, 0.2) is 0 Å². The van der Waals surface area contributed by atoms with Crippen molar-refractivity contribution in [1.29, 1.82) is 0 Å². The molecule has 40 heavy (non-hydrogen) atoms. The van der Waals surface area contributed by atoms with Gasteiger partial charge in [-0.05, 0) is 45.1 Å². The SMILES string of the molecule is CC(C)(C)CN1CCN(CP(C)(C)=O)CCN(CC(=O)OC(C)(C)C)CCN(C(=O)OCc2ccccc2)CC1. The van der Waals surface area contributed by atoms with E-state index in [1.807, 2.05) is 69.3 Å². The third-order valence-corrected chi connectivity index (χ3v) is 7.39. The number of carbonyl (C=O) groups excluding carboxylic acids is 2. The Kier molecular flexibility index (Phi) is 13.1. The third kappa shape index (κ3) is 15.2. The minimum atomic E-state index is -2.28. The first-order valence-electron chi connectivity index (χ1n) is 14.4. The van der Waals surface area contributed by atoms with Crippen LogP contribution in [-0.4, -0.2) is 122 Å². The first-order valence-corrected chi connectivity index (χ1v) is 17.2. The second kappa shape index (κ2) is 15.3. The average Bonchev–Trinajstić information content (AvgIpc) is 2.80. The molecule has 10 heteroatoms. The van der Waals surface area contributed by atoms with Gasteiger partial charge in [-0.3, -0.25) is 19.5 Å². The summed E-state index contributed by atoms with van der Waals surface area (Å²) >= 11 is 0. The lowest BCUT2D eigenvalue weighted by atomic mass is 9.96. The lowest BCUT2D eigenvalue weighted by Crippen LogP contribution is -2.49. The number of hydrogen-bond donors (Lipinski definition) is 0. The van der Waals surface area contributed by atoms with Crippen molar-refractivity contribution >= 4 is 19.2 Å². The van der Waals surface area contributed by atoms with Gasteiger partial charge >= 0.3 is 12.1 Å². The molecule has 9 nitrogen and oxygen atoms in total. The first kappa shape index (κ1) is 34.3. The van der Waals surface area contributed by atoms with Gasteiger partial charge in [-0.25, -0.2) is 4.79 Å². The summed E-state index contributed by atoms with van der Waals surface area (Å²) in [6.07, 6.45) is 0.183. The maximum atomic E-state index is 13.2. The van der Waals surface area contributed by atoms with Crippen LogP contribution >= 0.6 is 7.14 Å². The predicted octanol–water partition coefficient (Wildman–Crippen LogP) is 4.51. The summed E-state index contributed by atoms with van der Waals surface area (Å²) in [7, 11) is -2.28. The van der Waals surface area contributed by atoms with Crippen molar-refractivity contribution in [2.75, 3.05) is 85.1 Å². The molecule has 1 aliphatic heterocycles. The molecule has 0 atom stereocenters. The number of rotatable bonds is 7. The number of ether oxygens (including phenoxy) is 2. The number of hydrogen-bond acceptors (Lipinski definition) is 8. The monoisotopic (exact) mass is 580 g/mol. The maximum absolute atomic E-state index is 13.2. The van der Waals surface area contributed by atoms with Crippen LogP contribution in [0.15, 0.2) is 30.3 Å². The minimum absolute atomic E-state index is 0.0928. The second-order valence-corrected chi connectivity index (χ2v) is 17.0. The van der Waals surface area contributed by atoms with Gasteiger partial charge in [0.2, 0.25) is 0 Å². The van der Waals surface area contributed by atoms with E-state index in [9.17, 15) is 14.2 Å². The third-order valence-electron chi connectivity index (χ3n) is 6.31. The number of amides is 1. The summed E-state index contributed by atoms with van der Waals surface area (Å²) in [6, 6.07) is 9.67. The van der Waals surface area contributed by atoms with Crippen molar-refractivity contribution in [2.45, 2.75) is 53.8 Å². The molecule has 0 N–H and O–H groups in total. The van der Waals surface area contributed by atoms with Crippen LogP contribution in [0.4, 0.5) is 4.79 Å². The Hall–Kier alpha value is -1.93. The molecule has 0 saturated carbocycles. The van der Waals surface area contributed by atoms with Crippen LogP contribution in [-0.2, 0) is 25.4 Å². The highest BCUT2D eigenvalue weighted by atomic mass is 31.2. The molecule has 0 aliphatic carbocycles. The minimum Gasteiger partial charge on any atom is -0.459 e. The van der Waals surface area contributed by atoms with Crippen LogP contribution in [0.2, 0.25) is 0 Å². The van der Waals surface area contributed by atoms with Gasteiger partial charge in [0.1, 0.15) is 12.2 Å². The molecule has 1 saturated heterocycles. The standard InChI is InChI=1S/C30H53N4O5P/c1-29(2,3)24-32-15-17-33(25-40(7,8)37)16-14-31(22-27(35)39-30(4,5)6)18-20-34(21-19-32)28(36)38-23-26-12-10-9-11-13-26/h9-13H,14-25H2,1-8H3. The summed E-state index contributed by atoms with van der Waals surface area (Å²) in [5.74, 6) is -0.294.